The summed E-state index contributed by atoms with van der Waals surface area (Å²) in [7, 11) is 0. The second-order valence-corrected chi connectivity index (χ2v) is 5.17. The number of aryl methyl sites for hydroxylation is 1. The number of carbonyl (C=O) groups is 1. The van der Waals surface area contributed by atoms with Crippen LogP contribution >= 0.6 is 15.9 Å². The van der Waals surface area contributed by atoms with Gasteiger partial charge in [0, 0.05) is 6.07 Å². The third-order valence-corrected chi connectivity index (χ3v) is 3.52. The molecule has 0 heterocycles. The van der Waals surface area contributed by atoms with Crippen LogP contribution in [0.15, 0.2) is 40.9 Å². The number of ether oxygens (including phenoxy) is 1. The Kier molecular flexibility index (Phi) is 4.39. The van der Waals surface area contributed by atoms with Gasteiger partial charge in [-0.05, 0) is 58.2 Å². The van der Waals surface area contributed by atoms with Gasteiger partial charge in [0.1, 0.15) is 18.2 Å². The van der Waals surface area contributed by atoms with E-state index in [4.69, 9.17) is 9.84 Å². The molecule has 0 unspecified atom stereocenters. The zero-order chi connectivity index (χ0) is 14.7. The highest BCUT2D eigenvalue weighted by Crippen LogP contribution is 2.22. The summed E-state index contributed by atoms with van der Waals surface area (Å²) in [5, 5.41) is 8.89. The quantitative estimate of drug-likeness (QED) is 0.909. The lowest BCUT2D eigenvalue weighted by atomic mass is 10.1. The van der Waals surface area contributed by atoms with Crippen molar-refractivity contribution in [1.82, 2.24) is 0 Å². The molecular weight excluding hydrogens is 327 g/mol. The summed E-state index contributed by atoms with van der Waals surface area (Å²) in [5.74, 6) is -0.927. The first kappa shape index (κ1) is 14.5. The van der Waals surface area contributed by atoms with Gasteiger partial charge in [-0.1, -0.05) is 6.07 Å². The van der Waals surface area contributed by atoms with Crippen LogP contribution in [0.2, 0.25) is 0 Å². The lowest BCUT2D eigenvalue weighted by molar-refractivity contribution is 0.0696. The molecule has 0 bridgehead atoms. The second-order valence-electron chi connectivity index (χ2n) is 4.31. The maximum Gasteiger partial charge on any atom is 0.335 e. The average Bonchev–Trinajstić information content (AvgIpc) is 2.41. The second kappa shape index (κ2) is 6.05. The van der Waals surface area contributed by atoms with Gasteiger partial charge in [-0.25, -0.2) is 9.18 Å². The minimum Gasteiger partial charge on any atom is -0.489 e. The van der Waals surface area contributed by atoms with E-state index in [2.05, 4.69) is 15.9 Å². The molecule has 0 saturated heterocycles. The highest BCUT2D eigenvalue weighted by molar-refractivity contribution is 9.10. The zero-order valence-corrected chi connectivity index (χ0v) is 12.3. The van der Waals surface area contributed by atoms with Crippen molar-refractivity contribution >= 4 is 21.9 Å². The van der Waals surface area contributed by atoms with Crippen molar-refractivity contribution in [3.8, 4) is 5.75 Å². The summed E-state index contributed by atoms with van der Waals surface area (Å²) in [6.45, 7) is 2.07. The molecule has 0 fully saturated rings. The molecule has 0 aliphatic heterocycles. The van der Waals surface area contributed by atoms with E-state index in [1.165, 1.54) is 12.1 Å². The predicted molar refractivity (Wildman–Crippen MR) is 76.6 cm³/mol. The van der Waals surface area contributed by atoms with Crippen LogP contribution in [0.25, 0.3) is 0 Å². The van der Waals surface area contributed by atoms with Crippen molar-refractivity contribution in [3.63, 3.8) is 0 Å². The fourth-order valence-electron chi connectivity index (χ4n) is 1.72. The topological polar surface area (TPSA) is 46.5 Å². The first-order chi connectivity index (χ1) is 9.47. The monoisotopic (exact) mass is 338 g/mol. The molecule has 104 valence electrons. The molecule has 2 aromatic carbocycles. The molecule has 2 aromatic rings. The Bertz CT molecular complexity index is 656. The summed E-state index contributed by atoms with van der Waals surface area (Å²) < 4.78 is 19.2. The molecule has 0 spiro atoms. The third kappa shape index (κ3) is 3.36. The van der Waals surface area contributed by atoms with Crippen molar-refractivity contribution in [3.05, 3.63) is 63.4 Å². The van der Waals surface area contributed by atoms with Crippen molar-refractivity contribution in [2.75, 3.05) is 0 Å². The average molecular weight is 339 g/mol. The molecule has 20 heavy (non-hydrogen) atoms. The van der Waals surface area contributed by atoms with Crippen LogP contribution in [0, 0.1) is 12.7 Å². The smallest absolute Gasteiger partial charge is 0.335 e. The normalized spacial score (nSPS) is 10.3. The minimum atomic E-state index is -0.962. The van der Waals surface area contributed by atoms with Crippen molar-refractivity contribution in [2.24, 2.45) is 0 Å². The number of rotatable bonds is 4. The predicted octanol–water partition coefficient (Wildman–Crippen LogP) is 4.17. The molecule has 2 rings (SSSR count). The summed E-state index contributed by atoms with van der Waals surface area (Å²) in [4.78, 5) is 10.8. The van der Waals surface area contributed by atoms with Crippen LogP contribution in [0.5, 0.6) is 5.75 Å². The number of carboxylic acid groups (broad SMARTS) is 1. The first-order valence-corrected chi connectivity index (χ1v) is 6.67. The van der Waals surface area contributed by atoms with Crippen LogP contribution in [0.1, 0.15) is 21.5 Å². The molecule has 3 nitrogen and oxygen atoms in total. The molecule has 0 aliphatic rings. The Labute approximate surface area is 124 Å². The van der Waals surface area contributed by atoms with Gasteiger partial charge >= 0.3 is 5.97 Å². The Morgan fingerprint density at radius 1 is 1.30 bits per heavy atom. The molecule has 1 N–H and O–H groups in total. The van der Waals surface area contributed by atoms with Gasteiger partial charge in [0.15, 0.2) is 0 Å². The summed E-state index contributed by atoms with van der Waals surface area (Å²) in [6.07, 6.45) is 0. The van der Waals surface area contributed by atoms with E-state index in [9.17, 15) is 9.18 Å². The van der Waals surface area contributed by atoms with E-state index in [0.717, 1.165) is 11.1 Å². The van der Waals surface area contributed by atoms with Gasteiger partial charge < -0.3 is 9.84 Å². The minimum absolute atomic E-state index is 0.237. The van der Waals surface area contributed by atoms with Gasteiger partial charge in [-0.15, -0.1) is 0 Å². The Morgan fingerprint density at radius 3 is 2.65 bits per heavy atom. The first-order valence-electron chi connectivity index (χ1n) is 5.88. The largest absolute Gasteiger partial charge is 0.489 e. The van der Waals surface area contributed by atoms with Crippen LogP contribution in [-0.4, -0.2) is 11.1 Å². The highest BCUT2D eigenvalue weighted by Gasteiger charge is 2.07. The number of hydrogen-bond acceptors (Lipinski definition) is 2. The maximum atomic E-state index is 13.3. The van der Waals surface area contributed by atoms with Crippen molar-refractivity contribution in [1.29, 1.82) is 0 Å². The van der Waals surface area contributed by atoms with E-state index in [0.29, 0.717) is 10.2 Å². The van der Waals surface area contributed by atoms with E-state index in [1.54, 1.807) is 24.3 Å². The summed E-state index contributed by atoms with van der Waals surface area (Å²) in [6, 6.07) is 9.34. The number of carboxylic acids is 1. The number of aromatic carboxylic acids is 1. The Morgan fingerprint density at radius 2 is 2.05 bits per heavy atom. The molecule has 0 radical (unpaired) electrons. The lowest BCUT2D eigenvalue weighted by Gasteiger charge is -2.10. The van der Waals surface area contributed by atoms with Crippen LogP contribution in [0.4, 0.5) is 4.39 Å². The van der Waals surface area contributed by atoms with Gasteiger partial charge in [0.2, 0.25) is 0 Å². The van der Waals surface area contributed by atoms with Crippen LogP contribution in [-0.2, 0) is 6.61 Å². The third-order valence-electron chi connectivity index (χ3n) is 2.87. The number of benzene rings is 2. The Balaban J connectivity index is 2.10. The van der Waals surface area contributed by atoms with Gasteiger partial charge in [-0.2, -0.15) is 0 Å². The van der Waals surface area contributed by atoms with E-state index >= 15 is 0 Å². The lowest BCUT2D eigenvalue weighted by Crippen LogP contribution is -2.02. The molecule has 0 amide bonds. The molecule has 0 atom stereocenters. The molecular formula is C15H12BrFO3. The standard InChI is InChI=1S/C15H12BrFO3/c1-9-6-10(15(18)19)2-3-11(9)8-20-12-4-5-13(16)14(17)7-12/h2-7H,8H2,1H3,(H,18,19). The fourth-order valence-corrected chi connectivity index (χ4v) is 1.97. The summed E-state index contributed by atoms with van der Waals surface area (Å²) >= 11 is 3.07. The molecule has 5 heteroatoms. The zero-order valence-electron chi connectivity index (χ0n) is 10.7. The van der Waals surface area contributed by atoms with Crippen LogP contribution in [0.3, 0.4) is 0 Å². The summed E-state index contributed by atoms with van der Waals surface area (Å²) in [5.41, 5.74) is 1.92. The van der Waals surface area contributed by atoms with Gasteiger partial charge in [-0.3, -0.25) is 0 Å². The van der Waals surface area contributed by atoms with Crippen molar-refractivity contribution < 1.29 is 19.0 Å². The van der Waals surface area contributed by atoms with E-state index in [-0.39, 0.29) is 18.0 Å². The highest BCUT2D eigenvalue weighted by atomic mass is 79.9. The molecule has 0 aliphatic carbocycles. The fraction of sp³-hybridized carbons (Fsp3) is 0.133. The molecule has 0 saturated carbocycles. The van der Waals surface area contributed by atoms with Gasteiger partial charge in [0.25, 0.3) is 0 Å². The molecule has 0 aromatic heterocycles. The maximum absolute atomic E-state index is 13.3. The van der Waals surface area contributed by atoms with Crippen molar-refractivity contribution in [2.45, 2.75) is 13.5 Å². The van der Waals surface area contributed by atoms with E-state index < -0.39 is 5.97 Å². The SMILES string of the molecule is Cc1cc(C(=O)O)ccc1COc1ccc(Br)c(F)c1. The van der Waals surface area contributed by atoms with Gasteiger partial charge in [0.05, 0.1) is 10.0 Å². The Hall–Kier alpha value is -1.88. The van der Waals surface area contributed by atoms with E-state index in [1.807, 2.05) is 6.92 Å². The number of hydrogen-bond donors (Lipinski definition) is 1. The number of halogens is 2. The van der Waals surface area contributed by atoms with Crippen LogP contribution < -0.4 is 4.74 Å².